The van der Waals surface area contributed by atoms with Crippen LogP contribution in [-0.4, -0.2) is 5.97 Å². The lowest BCUT2D eigenvalue weighted by Crippen LogP contribution is -2.23. The first kappa shape index (κ1) is 9.64. The number of rotatable bonds is 2. The fourth-order valence-electron chi connectivity index (χ4n) is 2.73. The van der Waals surface area contributed by atoms with Crippen molar-refractivity contribution < 1.29 is 9.53 Å². The fraction of sp³-hybridized carbons (Fsp3) is 0.357. The van der Waals surface area contributed by atoms with E-state index in [0.29, 0.717) is 17.6 Å². The number of fused-ring (bicyclic) bond motifs is 2. The number of ether oxygens (including phenoxy) is 1. The van der Waals surface area contributed by atoms with Gasteiger partial charge in [0.25, 0.3) is 0 Å². The van der Waals surface area contributed by atoms with E-state index in [0.717, 1.165) is 12.8 Å². The lowest BCUT2D eigenvalue weighted by atomic mass is 9.94. The Labute approximate surface area is 94.9 Å². The Hall–Kier alpha value is -1.57. The molecule has 0 saturated heterocycles. The van der Waals surface area contributed by atoms with E-state index in [-0.39, 0.29) is 11.9 Å². The molecule has 0 aromatic heterocycles. The van der Waals surface area contributed by atoms with Crippen molar-refractivity contribution in [3.05, 3.63) is 42.5 Å². The minimum absolute atomic E-state index is 0.0666. The van der Waals surface area contributed by atoms with Crippen LogP contribution in [-0.2, 0) is 4.79 Å². The molecule has 2 nitrogen and oxygen atoms in total. The zero-order chi connectivity index (χ0) is 11.0. The SMILES string of the molecule is O=C(Oc1ccccc1)[C@H]1C[C@H]2C=C[C@@H]1C2. The first-order valence-corrected chi connectivity index (χ1v) is 5.78. The number of hydrogen-bond donors (Lipinski definition) is 0. The highest BCUT2D eigenvalue weighted by Crippen LogP contribution is 2.43. The van der Waals surface area contributed by atoms with Crippen molar-refractivity contribution in [1.82, 2.24) is 0 Å². The van der Waals surface area contributed by atoms with E-state index in [1.165, 1.54) is 0 Å². The second kappa shape index (κ2) is 3.78. The fourth-order valence-corrected chi connectivity index (χ4v) is 2.73. The van der Waals surface area contributed by atoms with Crippen molar-refractivity contribution in [3.63, 3.8) is 0 Å². The summed E-state index contributed by atoms with van der Waals surface area (Å²) in [6.07, 6.45) is 6.50. The second-order valence-electron chi connectivity index (χ2n) is 4.62. The molecular formula is C14H14O2. The summed E-state index contributed by atoms with van der Waals surface area (Å²) in [5.41, 5.74) is 0. The highest BCUT2D eigenvalue weighted by molar-refractivity contribution is 5.76. The molecule has 82 valence electrons. The minimum Gasteiger partial charge on any atom is -0.426 e. The van der Waals surface area contributed by atoms with Crippen LogP contribution < -0.4 is 4.74 Å². The molecule has 1 fully saturated rings. The average Bonchev–Trinajstić information content (AvgIpc) is 2.92. The molecule has 2 heteroatoms. The summed E-state index contributed by atoms with van der Waals surface area (Å²) < 4.78 is 5.38. The van der Waals surface area contributed by atoms with Gasteiger partial charge in [0.1, 0.15) is 5.75 Å². The second-order valence-corrected chi connectivity index (χ2v) is 4.62. The van der Waals surface area contributed by atoms with Gasteiger partial charge >= 0.3 is 5.97 Å². The standard InChI is InChI=1S/C14H14O2/c15-14(16-12-4-2-1-3-5-12)13-9-10-6-7-11(13)8-10/h1-7,10-11,13H,8-9H2/t10-,11+,13-/m0/s1. The van der Waals surface area contributed by atoms with Crippen molar-refractivity contribution in [2.24, 2.45) is 17.8 Å². The van der Waals surface area contributed by atoms with Crippen molar-refractivity contribution >= 4 is 5.97 Å². The third-order valence-electron chi connectivity index (χ3n) is 3.54. The van der Waals surface area contributed by atoms with Gasteiger partial charge in [-0.15, -0.1) is 0 Å². The lowest BCUT2D eigenvalue weighted by Gasteiger charge is -2.16. The maximum absolute atomic E-state index is 11.9. The van der Waals surface area contributed by atoms with Crippen LogP contribution in [0, 0.1) is 17.8 Å². The molecule has 0 N–H and O–H groups in total. The zero-order valence-electron chi connectivity index (χ0n) is 9.00. The van der Waals surface area contributed by atoms with Gasteiger partial charge in [0.05, 0.1) is 5.92 Å². The summed E-state index contributed by atoms with van der Waals surface area (Å²) in [6, 6.07) is 9.31. The molecule has 3 atom stereocenters. The lowest BCUT2D eigenvalue weighted by molar-refractivity contribution is -0.139. The summed E-state index contributed by atoms with van der Waals surface area (Å²) in [5, 5.41) is 0. The number of carbonyl (C=O) groups is 1. The van der Waals surface area contributed by atoms with Crippen LogP contribution in [0.25, 0.3) is 0 Å². The first-order chi connectivity index (χ1) is 7.83. The number of carbonyl (C=O) groups excluding carboxylic acids is 1. The predicted octanol–water partition coefficient (Wildman–Crippen LogP) is 2.80. The van der Waals surface area contributed by atoms with E-state index in [9.17, 15) is 4.79 Å². The minimum atomic E-state index is -0.0666. The highest BCUT2D eigenvalue weighted by Gasteiger charge is 2.40. The molecule has 1 saturated carbocycles. The molecule has 0 spiro atoms. The van der Waals surface area contributed by atoms with Gasteiger partial charge in [-0.1, -0.05) is 30.4 Å². The quantitative estimate of drug-likeness (QED) is 0.430. The number of benzene rings is 1. The molecule has 3 rings (SSSR count). The Morgan fingerprint density at radius 2 is 1.94 bits per heavy atom. The topological polar surface area (TPSA) is 26.3 Å². The Morgan fingerprint density at radius 1 is 1.12 bits per heavy atom. The van der Waals surface area contributed by atoms with Crippen LogP contribution in [0.4, 0.5) is 0 Å². The van der Waals surface area contributed by atoms with E-state index in [2.05, 4.69) is 12.2 Å². The molecule has 2 aliphatic rings. The van der Waals surface area contributed by atoms with Crippen molar-refractivity contribution in [1.29, 1.82) is 0 Å². The number of allylic oxidation sites excluding steroid dienone is 2. The van der Waals surface area contributed by atoms with Crippen LogP contribution in [0.15, 0.2) is 42.5 Å². The Balaban J connectivity index is 1.69. The maximum atomic E-state index is 11.9. The van der Waals surface area contributed by atoms with Crippen molar-refractivity contribution in [2.45, 2.75) is 12.8 Å². The Morgan fingerprint density at radius 3 is 2.56 bits per heavy atom. The molecule has 2 bridgehead atoms. The normalized spacial score (nSPS) is 30.6. The van der Waals surface area contributed by atoms with Crippen LogP contribution >= 0.6 is 0 Å². The van der Waals surface area contributed by atoms with Crippen LogP contribution in [0.2, 0.25) is 0 Å². The number of hydrogen-bond acceptors (Lipinski definition) is 2. The van der Waals surface area contributed by atoms with Gasteiger partial charge in [-0.2, -0.15) is 0 Å². The van der Waals surface area contributed by atoms with Gasteiger partial charge in [0.15, 0.2) is 0 Å². The molecule has 0 radical (unpaired) electrons. The number of esters is 1. The van der Waals surface area contributed by atoms with Crippen molar-refractivity contribution in [2.75, 3.05) is 0 Å². The van der Waals surface area contributed by atoms with E-state index in [1.807, 2.05) is 30.3 Å². The Bertz CT molecular complexity index is 422. The van der Waals surface area contributed by atoms with Crippen LogP contribution in [0.1, 0.15) is 12.8 Å². The van der Waals surface area contributed by atoms with Gasteiger partial charge in [0, 0.05) is 0 Å². The molecule has 0 heterocycles. The third-order valence-corrected chi connectivity index (χ3v) is 3.54. The van der Waals surface area contributed by atoms with Gasteiger partial charge in [0.2, 0.25) is 0 Å². The molecule has 0 unspecified atom stereocenters. The average molecular weight is 214 g/mol. The largest absolute Gasteiger partial charge is 0.426 e. The van der Waals surface area contributed by atoms with Gasteiger partial charge in [-0.05, 0) is 36.8 Å². The summed E-state index contributed by atoms with van der Waals surface area (Å²) in [6.45, 7) is 0. The smallest absolute Gasteiger partial charge is 0.314 e. The molecule has 1 aromatic carbocycles. The van der Waals surface area contributed by atoms with Crippen molar-refractivity contribution in [3.8, 4) is 5.75 Å². The maximum Gasteiger partial charge on any atom is 0.314 e. The van der Waals surface area contributed by atoms with Crippen LogP contribution in [0.5, 0.6) is 5.75 Å². The third kappa shape index (κ3) is 1.64. The van der Waals surface area contributed by atoms with E-state index in [4.69, 9.17) is 4.74 Å². The highest BCUT2D eigenvalue weighted by atomic mass is 16.5. The molecule has 0 amide bonds. The zero-order valence-corrected chi connectivity index (χ0v) is 9.00. The van der Waals surface area contributed by atoms with E-state index < -0.39 is 0 Å². The summed E-state index contributed by atoms with van der Waals surface area (Å²) in [7, 11) is 0. The van der Waals surface area contributed by atoms with Gasteiger partial charge < -0.3 is 4.74 Å². The summed E-state index contributed by atoms with van der Waals surface area (Å²) >= 11 is 0. The van der Waals surface area contributed by atoms with E-state index >= 15 is 0 Å². The molecule has 1 aromatic rings. The molecule has 2 aliphatic carbocycles. The molecule has 0 aliphatic heterocycles. The summed E-state index contributed by atoms with van der Waals surface area (Å²) in [5.74, 6) is 1.69. The Kier molecular flexibility index (Phi) is 2.28. The van der Waals surface area contributed by atoms with E-state index in [1.54, 1.807) is 0 Å². The number of para-hydroxylation sites is 1. The summed E-state index contributed by atoms with van der Waals surface area (Å²) in [4.78, 5) is 11.9. The van der Waals surface area contributed by atoms with Gasteiger partial charge in [-0.25, -0.2) is 0 Å². The predicted molar refractivity (Wildman–Crippen MR) is 60.9 cm³/mol. The molecular weight excluding hydrogens is 200 g/mol. The monoisotopic (exact) mass is 214 g/mol. The van der Waals surface area contributed by atoms with Gasteiger partial charge in [-0.3, -0.25) is 4.79 Å². The van der Waals surface area contributed by atoms with Crippen LogP contribution in [0.3, 0.4) is 0 Å². The molecule has 16 heavy (non-hydrogen) atoms. The first-order valence-electron chi connectivity index (χ1n) is 5.78.